The van der Waals surface area contributed by atoms with Crippen LogP contribution < -0.4 is 16.8 Å². The van der Waals surface area contributed by atoms with Crippen LogP contribution in [-0.2, 0) is 16.6 Å². The maximum absolute atomic E-state index is 13.6. The van der Waals surface area contributed by atoms with Gasteiger partial charge in [0.1, 0.15) is 17.1 Å². The minimum Gasteiger partial charge on any atom is -0.383 e. The smallest absolute Gasteiger partial charge is 0.383 e. The van der Waals surface area contributed by atoms with E-state index in [0.29, 0.717) is 35.4 Å². The van der Waals surface area contributed by atoms with Crippen molar-refractivity contribution in [3.05, 3.63) is 47.2 Å². The molecule has 0 aliphatic heterocycles. The molecule has 2 bridgehead atoms. The monoisotopic (exact) mass is 530 g/mol. The highest BCUT2D eigenvalue weighted by molar-refractivity contribution is 6.03. The maximum atomic E-state index is 13.6. The van der Waals surface area contributed by atoms with Crippen LogP contribution in [0, 0.1) is 5.41 Å². The molecule has 2 aliphatic carbocycles. The number of halogens is 3. The van der Waals surface area contributed by atoms with Gasteiger partial charge in [-0.15, -0.1) is 0 Å². The third-order valence-corrected chi connectivity index (χ3v) is 8.03. The van der Waals surface area contributed by atoms with Crippen LogP contribution in [0.25, 0.3) is 11.3 Å². The number of hydrogen-bond donors (Lipinski definition) is 3. The first-order valence-electron chi connectivity index (χ1n) is 12.5. The molecule has 2 amide bonds. The number of carbonyl (C=O) groups is 2. The first-order valence-corrected chi connectivity index (χ1v) is 12.5. The molecule has 12 heteroatoms. The highest BCUT2D eigenvalue weighted by atomic mass is 19.4. The largest absolute Gasteiger partial charge is 0.394 e. The second-order valence-electron chi connectivity index (χ2n) is 10.7. The Morgan fingerprint density at radius 1 is 1.16 bits per heavy atom. The molecule has 202 valence electrons. The number of alkyl halides is 3. The van der Waals surface area contributed by atoms with E-state index >= 15 is 0 Å². The Morgan fingerprint density at radius 3 is 2.37 bits per heavy atom. The minimum atomic E-state index is -4.23. The van der Waals surface area contributed by atoms with Crippen LogP contribution >= 0.6 is 0 Å². The standard InChI is InChI=1S/C26H29F3N6O3/c1-14(2)35-22(30)20(23(31)37)21(33-35)16-5-3-15(4-6-16)11-18(36)32-19-12-17(34-38-19)24-7-9-25(13-24,10-8-24)26(27,28)29/h3-6,12,14H,7-11,13,30H2,1-2H3,(H2,31,37)(H,32,36). The molecular weight excluding hydrogens is 501 g/mol. The van der Waals surface area contributed by atoms with Crippen molar-refractivity contribution in [1.82, 2.24) is 14.9 Å². The lowest BCUT2D eigenvalue weighted by Gasteiger charge is -2.29. The molecule has 1 aromatic carbocycles. The molecule has 0 radical (unpaired) electrons. The van der Waals surface area contributed by atoms with Crippen molar-refractivity contribution in [2.75, 3.05) is 11.1 Å². The minimum absolute atomic E-state index is 0.00823. The summed E-state index contributed by atoms with van der Waals surface area (Å²) in [6, 6.07) is 8.36. The fourth-order valence-corrected chi connectivity index (χ4v) is 5.96. The summed E-state index contributed by atoms with van der Waals surface area (Å²) in [5.41, 5.74) is 11.6. The highest BCUT2D eigenvalue weighted by Gasteiger charge is 2.67. The average Bonchev–Trinajstić information content (AvgIpc) is 3.61. The van der Waals surface area contributed by atoms with Crippen molar-refractivity contribution in [3.8, 4) is 11.3 Å². The number of nitrogens with zero attached hydrogens (tertiary/aromatic N) is 3. The number of carbonyl (C=O) groups excluding carboxylic acids is 2. The quantitative estimate of drug-likeness (QED) is 0.403. The van der Waals surface area contributed by atoms with E-state index in [4.69, 9.17) is 16.0 Å². The molecule has 2 saturated carbocycles. The van der Waals surface area contributed by atoms with Crippen LogP contribution in [-0.4, -0.2) is 32.9 Å². The molecule has 2 aromatic heterocycles. The Balaban J connectivity index is 1.26. The summed E-state index contributed by atoms with van der Waals surface area (Å²) in [6.07, 6.45) is -3.23. The number of benzene rings is 1. The average molecular weight is 531 g/mol. The molecule has 5 rings (SSSR count). The van der Waals surface area contributed by atoms with Crippen LogP contribution in [0.3, 0.4) is 0 Å². The van der Waals surface area contributed by atoms with E-state index in [1.807, 2.05) is 13.8 Å². The van der Waals surface area contributed by atoms with Gasteiger partial charge in [0.25, 0.3) is 5.91 Å². The number of aromatic nitrogens is 3. The van der Waals surface area contributed by atoms with Gasteiger partial charge >= 0.3 is 6.18 Å². The molecule has 2 heterocycles. The second-order valence-corrected chi connectivity index (χ2v) is 10.7. The van der Waals surface area contributed by atoms with E-state index in [9.17, 15) is 22.8 Å². The van der Waals surface area contributed by atoms with E-state index in [2.05, 4.69) is 15.6 Å². The molecule has 2 aliphatic rings. The summed E-state index contributed by atoms with van der Waals surface area (Å²) in [6.45, 7) is 3.77. The first-order chi connectivity index (χ1) is 17.8. The van der Waals surface area contributed by atoms with Gasteiger partial charge in [0.05, 0.1) is 17.5 Å². The number of nitrogens with one attached hydrogen (secondary N) is 1. The zero-order valence-corrected chi connectivity index (χ0v) is 21.1. The van der Waals surface area contributed by atoms with E-state index in [0.717, 1.165) is 0 Å². The number of rotatable bonds is 7. The van der Waals surface area contributed by atoms with Crippen LogP contribution in [0.1, 0.15) is 73.6 Å². The van der Waals surface area contributed by atoms with Crippen molar-refractivity contribution in [3.63, 3.8) is 0 Å². The molecule has 5 N–H and O–H groups in total. The molecular formula is C26H29F3N6O3. The Hall–Kier alpha value is -3.83. The fourth-order valence-electron chi connectivity index (χ4n) is 5.96. The Kier molecular flexibility index (Phi) is 6.03. The van der Waals surface area contributed by atoms with Crippen molar-refractivity contribution < 1.29 is 27.3 Å². The Morgan fingerprint density at radius 2 is 1.82 bits per heavy atom. The number of nitrogen functional groups attached to an aromatic ring is 1. The van der Waals surface area contributed by atoms with Gasteiger partial charge in [0.2, 0.25) is 11.8 Å². The third kappa shape index (κ3) is 4.21. The van der Waals surface area contributed by atoms with E-state index in [1.54, 1.807) is 30.3 Å². The summed E-state index contributed by atoms with van der Waals surface area (Å²) in [7, 11) is 0. The molecule has 38 heavy (non-hydrogen) atoms. The van der Waals surface area contributed by atoms with Crippen molar-refractivity contribution >= 4 is 23.5 Å². The molecule has 2 fully saturated rings. The lowest BCUT2D eigenvalue weighted by atomic mass is 9.80. The summed E-state index contributed by atoms with van der Waals surface area (Å²) in [5, 5.41) is 11.1. The van der Waals surface area contributed by atoms with Crippen LogP contribution in [0.2, 0.25) is 0 Å². The van der Waals surface area contributed by atoms with Crippen LogP contribution in [0.15, 0.2) is 34.9 Å². The normalized spacial score (nSPS) is 22.8. The number of amides is 2. The SMILES string of the molecule is CC(C)n1nc(-c2ccc(CC(=O)Nc3cc(C45CCC(C(F)(F)F)(CC4)C5)no3)cc2)c(C(N)=O)c1N. The van der Waals surface area contributed by atoms with Crippen LogP contribution in [0.5, 0.6) is 0 Å². The van der Waals surface area contributed by atoms with Gasteiger partial charge in [0, 0.05) is 23.1 Å². The fraction of sp³-hybridized carbons (Fsp3) is 0.462. The van der Waals surface area contributed by atoms with Gasteiger partial charge in [0.15, 0.2) is 0 Å². The second kappa shape index (κ2) is 8.88. The molecule has 0 unspecified atom stereocenters. The Bertz CT molecular complexity index is 1380. The summed E-state index contributed by atoms with van der Waals surface area (Å²) in [5.74, 6) is -0.755. The zero-order valence-electron chi connectivity index (χ0n) is 21.1. The number of nitrogens with two attached hydrogens (primary N) is 2. The molecule has 0 spiro atoms. The lowest BCUT2D eigenvalue weighted by molar-refractivity contribution is -0.220. The zero-order chi connectivity index (χ0) is 27.5. The van der Waals surface area contributed by atoms with Gasteiger partial charge in [-0.2, -0.15) is 18.3 Å². The van der Waals surface area contributed by atoms with E-state index in [-0.39, 0.29) is 54.9 Å². The van der Waals surface area contributed by atoms with Gasteiger partial charge < -0.3 is 16.0 Å². The van der Waals surface area contributed by atoms with Gasteiger partial charge in [-0.1, -0.05) is 29.4 Å². The summed E-state index contributed by atoms with van der Waals surface area (Å²) >= 11 is 0. The summed E-state index contributed by atoms with van der Waals surface area (Å²) < 4.78 is 47.6. The third-order valence-electron chi connectivity index (χ3n) is 8.03. The molecule has 0 atom stereocenters. The number of hydrogen-bond acceptors (Lipinski definition) is 6. The first kappa shape index (κ1) is 25.8. The van der Waals surface area contributed by atoms with Gasteiger partial charge in [-0.05, 0) is 51.5 Å². The Labute approximate surface area is 216 Å². The molecule has 3 aromatic rings. The predicted molar refractivity (Wildman–Crippen MR) is 133 cm³/mol. The number of anilines is 2. The van der Waals surface area contributed by atoms with E-state index < -0.39 is 22.9 Å². The van der Waals surface area contributed by atoms with Gasteiger partial charge in [-0.3, -0.25) is 14.9 Å². The van der Waals surface area contributed by atoms with Crippen LogP contribution in [0.4, 0.5) is 24.9 Å². The van der Waals surface area contributed by atoms with Gasteiger partial charge in [-0.25, -0.2) is 4.68 Å². The lowest BCUT2D eigenvalue weighted by Crippen LogP contribution is -2.33. The summed E-state index contributed by atoms with van der Waals surface area (Å²) in [4.78, 5) is 24.6. The highest BCUT2D eigenvalue weighted by Crippen LogP contribution is 2.67. The predicted octanol–water partition coefficient (Wildman–Crippen LogP) is 4.75. The molecule has 0 saturated heterocycles. The molecule has 9 nitrogen and oxygen atoms in total. The van der Waals surface area contributed by atoms with Crippen molar-refractivity contribution in [2.45, 2.75) is 70.0 Å². The number of primary amides is 1. The van der Waals surface area contributed by atoms with Crippen molar-refractivity contribution in [1.29, 1.82) is 0 Å². The topological polar surface area (TPSA) is 142 Å². The maximum Gasteiger partial charge on any atom is 0.394 e. The van der Waals surface area contributed by atoms with Crippen molar-refractivity contribution in [2.24, 2.45) is 11.1 Å². The number of fused-ring (bicyclic) bond motifs is 2. The van der Waals surface area contributed by atoms with E-state index in [1.165, 1.54) is 4.68 Å².